The Morgan fingerprint density at radius 3 is 2.37 bits per heavy atom. The zero-order chi connectivity index (χ0) is 19.0. The summed E-state index contributed by atoms with van der Waals surface area (Å²) in [5.41, 5.74) is 6.05. The molecule has 0 aliphatic carbocycles. The standard InChI is InChI=1S/C23H21ClN2O/c1-15-11-16(2)13-18(12-15)25-22-19-8-4-5-9-20(19)23(27)26(22)14-17-7-3-6-10-21(17)24/h3-13,22,25H,14H2,1-2H3. The summed E-state index contributed by atoms with van der Waals surface area (Å²) in [6.07, 6.45) is -0.230. The second kappa shape index (κ2) is 7.09. The summed E-state index contributed by atoms with van der Waals surface area (Å²) in [6.45, 7) is 4.61. The lowest BCUT2D eigenvalue weighted by Gasteiger charge is -2.28. The first-order valence-corrected chi connectivity index (χ1v) is 9.39. The first kappa shape index (κ1) is 17.6. The fourth-order valence-electron chi connectivity index (χ4n) is 3.71. The molecule has 1 atom stereocenters. The highest BCUT2D eigenvalue weighted by Crippen LogP contribution is 2.36. The van der Waals surface area contributed by atoms with Crippen LogP contribution < -0.4 is 5.32 Å². The largest absolute Gasteiger partial charge is 0.361 e. The molecule has 136 valence electrons. The fourth-order valence-corrected chi connectivity index (χ4v) is 3.91. The molecular weight excluding hydrogens is 356 g/mol. The molecule has 0 radical (unpaired) electrons. The van der Waals surface area contributed by atoms with Crippen LogP contribution in [0.25, 0.3) is 0 Å². The van der Waals surface area contributed by atoms with Crippen molar-refractivity contribution >= 4 is 23.2 Å². The number of anilines is 1. The van der Waals surface area contributed by atoms with Gasteiger partial charge in [0.25, 0.3) is 5.91 Å². The average Bonchev–Trinajstić information content (AvgIpc) is 2.89. The van der Waals surface area contributed by atoms with Crippen LogP contribution in [0.5, 0.6) is 0 Å². The molecule has 0 fully saturated rings. The van der Waals surface area contributed by atoms with Crippen molar-refractivity contribution in [1.82, 2.24) is 4.90 Å². The minimum atomic E-state index is -0.230. The van der Waals surface area contributed by atoms with Gasteiger partial charge in [0, 0.05) is 28.4 Å². The predicted octanol–water partition coefficient (Wildman–Crippen LogP) is 5.72. The molecule has 3 nitrogen and oxygen atoms in total. The number of aryl methyl sites for hydroxylation is 2. The lowest BCUT2D eigenvalue weighted by molar-refractivity contribution is 0.0729. The molecule has 1 amide bonds. The van der Waals surface area contributed by atoms with Crippen LogP contribution in [-0.4, -0.2) is 10.8 Å². The number of nitrogens with zero attached hydrogens (tertiary/aromatic N) is 1. The van der Waals surface area contributed by atoms with Crippen molar-refractivity contribution in [1.29, 1.82) is 0 Å². The van der Waals surface area contributed by atoms with Gasteiger partial charge in [-0.25, -0.2) is 0 Å². The lowest BCUT2D eigenvalue weighted by Crippen LogP contribution is -2.32. The third-order valence-corrected chi connectivity index (χ3v) is 5.25. The Balaban J connectivity index is 1.72. The Hall–Kier alpha value is -2.78. The summed E-state index contributed by atoms with van der Waals surface area (Å²) in [7, 11) is 0. The van der Waals surface area contributed by atoms with Gasteiger partial charge in [0.05, 0.1) is 0 Å². The van der Waals surface area contributed by atoms with E-state index in [-0.39, 0.29) is 12.1 Å². The lowest BCUT2D eigenvalue weighted by atomic mass is 10.1. The van der Waals surface area contributed by atoms with Crippen molar-refractivity contribution in [3.63, 3.8) is 0 Å². The number of hydrogen-bond donors (Lipinski definition) is 1. The Morgan fingerprint density at radius 2 is 1.63 bits per heavy atom. The molecule has 0 aromatic heterocycles. The van der Waals surface area contributed by atoms with Crippen LogP contribution in [0, 0.1) is 13.8 Å². The molecule has 4 heteroatoms. The van der Waals surface area contributed by atoms with Crippen LogP contribution in [0.15, 0.2) is 66.7 Å². The highest BCUT2D eigenvalue weighted by molar-refractivity contribution is 6.31. The van der Waals surface area contributed by atoms with Gasteiger partial charge in [0.15, 0.2) is 0 Å². The van der Waals surface area contributed by atoms with E-state index in [1.54, 1.807) is 0 Å². The van der Waals surface area contributed by atoms with Crippen LogP contribution in [0.4, 0.5) is 5.69 Å². The molecular formula is C23H21ClN2O. The normalized spacial score (nSPS) is 15.7. The number of rotatable bonds is 4. The number of hydrogen-bond acceptors (Lipinski definition) is 2. The van der Waals surface area contributed by atoms with E-state index in [0.29, 0.717) is 11.6 Å². The second-order valence-electron chi connectivity index (χ2n) is 7.03. The first-order valence-electron chi connectivity index (χ1n) is 9.01. The van der Waals surface area contributed by atoms with Crippen molar-refractivity contribution in [3.05, 3.63) is 99.6 Å². The Bertz CT molecular complexity index is 995. The molecule has 1 N–H and O–H groups in total. The van der Waals surface area contributed by atoms with Crippen LogP contribution in [0.1, 0.15) is 38.8 Å². The van der Waals surface area contributed by atoms with Gasteiger partial charge in [-0.1, -0.05) is 54.1 Å². The minimum absolute atomic E-state index is 0.0207. The molecule has 1 unspecified atom stereocenters. The number of carbonyl (C=O) groups excluding carboxylic acids is 1. The second-order valence-corrected chi connectivity index (χ2v) is 7.44. The van der Waals surface area contributed by atoms with E-state index in [2.05, 4.69) is 37.4 Å². The number of nitrogens with one attached hydrogen (secondary N) is 1. The van der Waals surface area contributed by atoms with Crippen molar-refractivity contribution in [3.8, 4) is 0 Å². The summed E-state index contributed by atoms with van der Waals surface area (Å²) in [5.74, 6) is 0.0207. The molecule has 3 aromatic carbocycles. The van der Waals surface area contributed by atoms with Crippen molar-refractivity contribution in [2.45, 2.75) is 26.6 Å². The maximum atomic E-state index is 13.1. The van der Waals surface area contributed by atoms with E-state index >= 15 is 0 Å². The number of amides is 1. The van der Waals surface area contributed by atoms with Gasteiger partial charge < -0.3 is 10.2 Å². The van der Waals surface area contributed by atoms with Crippen LogP contribution in [0.3, 0.4) is 0 Å². The fraction of sp³-hybridized carbons (Fsp3) is 0.174. The molecule has 0 saturated carbocycles. The van der Waals surface area contributed by atoms with Gasteiger partial charge in [-0.05, 0) is 54.8 Å². The molecule has 0 spiro atoms. The van der Waals surface area contributed by atoms with E-state index in [1.807, 2.05) is 53.4 Å². The molecule has 4 rings (SSSR count). The molecule has 27 heavy (non-hydrogen) atoms. The third kappa shape index (κ3) is 3.43. The van der Waals surface area contributed by atoms with Crippen LogP contribution >= 0.6 is 11.6 Å². The van der Waals surface area contributed by atoms with Crippen molar-refractivity contribution in [2.24, 2.45) is 0 Å². The molecule has 0 saturated heterocycles. The zero-order valence-corrected chi connectivity index (χ0v) is 16.1. The Labute approximate surface area is 164 Å². The predicted molar refractivity (Wildman–Crippen MR) is 110 cm³/mol. The number of benzene rings is 3. The van der Waals surface area contributed by atoms with E-state index in [0.717, 1.165) is 22.4 Å². The van der Waals surface area contributed by atoms with E-state index in [9.17, 15) is 4.79 Å². The summed E-state index contributed by atoms with van der Waals surface area (Å²) in [4.78, 5) is 14.9. The Morgan fingerprint density at radius 1 is 0.963 bits per heavy atom. The maximum absolute atomic E-state index is 13.1. The van der Waals surface area contributed by atoms with E-state index in [4.69, 9.17) is 11.6 Å². The van der Waals surface area contributed by atoms with Crippen LogP contribution in [0.2, 0.25) is 5.02 Å². The van der Waals surface area contributed by atoms with Gasteiger partial charge in [0.1, 0.15) is 6.17 Å². The summed E-state index contributed by atoms with van der Waals surface area (Å²) >= 11 is 6.35. The van der Waals surface area contributed by atoms with Gasteiger partial charge in [-0.2, -0.15) is 0 Å². The third-order valence-electron chi connectivity index (χ3n) is 4.88. The van der Waals surface area contributed by atoms with Gasteiger partial charge >= 0.3 is 0 Å². The first-order chi connectivity index (χ1) is 13.0. The summed E-state index contributed by atoms with van der Waals surface area (Å²) in [5, 5.41) is 4.23. The summed E-state index contributed by atoms with van der Waals surface area (Å²) < 4.78 is 0. The molecule has 1 aliphatic rings. The maximum Gasteiger partial charge on any atom is 0.256 e. The van der Waals surface area contributed by atoms with Crippen LogP contribution in [-0.2, 0) is 6.54 Å². The topological polar surface area (TPSA) is 32.3 Å². The number of halogens is 1. The highest BCUT2D eigenvalue weighted by atomic mass is 35.5. The summed E-state index contributed by atoms with van der Waals surface area (Å²) in [6, 6.07) is 21.8. The van der Waals surface area contributed by atoms with Gasteiger partial charge in [-0.15, -0.1) is 0 Å². The van der Waals surface area contributed by atoms with Gasteiger partial charge in [-0.3, -0.25) is 4.79 Å². The van der Waals surface area contributed by atoms with Crippen molar-refractivity contribution < 1.29 is 4.79 Å². The number of carbonyl (C=O) groups is 1. The minimum Gasteiger partial charge on any atom is -0.361 e. The number of fused-ring (bicyclic) bond motifs is 1. The highest BCUT2D eigenvalue weighted by Gasteiger charge is 2.36. The average molecular weight is 377 g/mol. The molecule has 1 heterocycles. The van der Waals surface area contributed by atoms with Gasteiger partial charge in [0.2, 0.25) is 0 Å². The zero-order valence-electron chi connectivity index (χ0n) is 15.4. The SMILES string of the molecule is Cc1cc(C)cc(NC2c3ccccc3C(=O)N2Cc2ccccc2Cl)c1. The molecule has 1 aliphatic heterocycles. The van der Waals surface area contributed by atoms with Crippen molar-refractivity contribution in [2.75, 3.05) is 5.32 Å². The monoisotopic (exact) mass is 376 g/mol. The van der Waals surface area contributed by atoms with E-state index in [1.165, 1.54) is 11.1 Å². The quantitative estimate of drug-likeness (QED) is 0.631. The Kier molecular flexibility index (Phi) is 4.63. The van der Waals surface area contributed by atoms with E-state index < -0.39 is 0 Å². The molecule has 3 aromatic rings. The molecule has 0 bridgehead atoms. The smallest absolute Gasteiger partial charge is 0.256 e.